The van der Waals surface area contributed by atoms with Gasteiger partial charge in [0.1, 0.15) is 0 Å². The standard InChI is InChI=1S/C11H16O6/c1-16-10(14)6-4-3-5(9(13)8(4)12)7(6)11(15)17-2/h4-9,12-13H,3H2,1-2H3. The quantitative estimate of drug-likeness (QED) is 0.601. The molecule has 2 aliphatic rings. The molecular weight excluding hydrogens is 228 g/mol. The highest BCUT2D eigenvalue weighted by Crippen LogP contribution is 2.53. The van der Waals surface area contributed by atoms with E-state index in [4.69, 9.17) is 0 Å². The summed E-state index contributed by atoms with van der Waals surface area (Å²) < 4.78 is 9.31. The third-order valence-electron chi connectivity index (χ3n) is 4.03. The molecule has 0 spiro atoms. The monoisotopic (exact) mass is 244 g/mol. The molecule has 6 nitrogen and oxygen atoms in total. The number of aliphatic hydroxyl groups is 2. The fourth-order valence-electron chi connectivity index (χ4n) is 3.27. The number of rotatable bonds is 2. The van der Waals surface area contributed by atoms with E-state index in [9.17, 15) is 19.8 Å². The first-order valence-corrected chi connectivity index (χ1v) is 5.54. The Labute approximate surface area is 98.5 Å². The maximum absolute atomic E-state index is 11.7. The van der Waals surface area contributed by atoms with Crippen molar-refractivity contribution in [1.29, 1.82) is 0 Å². The van der Waals surface area contributed by atoms with E-state index < -0.39 is 47.8 Å². The normalized spacial score (nSPS) is 43.5. The highest BCUT2D eigenvalue weighted by atomic mass is 16.5. The Kier molecular flexibility index (Phi) is 3.09. The van der Waals surface area contributed by atoms with Crippen molar-refractivity contribution in [2.45, 2.75) is 18.6 Å². The van der Waals surface area contributed by atoms with Crippen LogP contribution in [0.1, 0.15) is 6.42 Å². The molecule has 0 aliphatic heterocycles. The average molecular weight is 244 g/mol. The van der Waals surface area contributed by atoms with Crippen molar-refractivity contribution in [2.24, 2.45) is 23.7 Å². The summed E-state index contributed by atoms with van der Waals surface area (Å²) in [5.41, 5.74) is 0. The molecule has 0 aromatic heterocycles. The number of hydrogen-bond acceptors (Lipinski definition) is 6. The molecule has 2 rings (SSSR count). The number of fused-ring (bicyclic) bond motifs is 2. The smallest absolute Gasteiger partial charge is 0.309 e. The van der Waals surface area contributed by atoms with E-state index in [1.54, 1.807) is 0 Å². The molecule has 0 radical (unpaired) electrons. The van der Waals surface area contributed by atoms with Crippen LogP contribution in [-0.4, -0.2) is 48.6 Å². The summed E-state index contributed by atoms with van der Waals surface area (Å²) in [4.78, 5) is 23.3. The van der Waals surface area contributed by atoms with Crippen molar-refractivity contribution in [3.63, 3.8) is 0 Å². The molecular formula is C11H16O6. The molecule has 0 amide bonds. The number of carbonyl (C=O) groups is 2. The second-order valence-electron chi connectivity index (χ2n) is 4.64. The van der Waals surface area contributed by atoms with Crippen LogP contribution in [0.3, 0.4) is 0 Å². The van der Waals surface area contributed by atoms with Crippen LogP contribution in [0.15, 0.2) is 0 Å². The van der Waals surface area contributed by atoms with Crippen molar-refractivity contribution in [1.82, 2.24) is 0 Å². The fourth-order valence-corrected chi connectivity index (χ4v) is 3.27. The van der Waals surface area contributed by atoms with Gasteiger partial charge in [0, 0.05) is 11.8 Å². The van der Waals surface area contributed by atoms with Gasteiger partial charge >= 0.3 is 11.9 Å². The molecule has 2 saturated carbocycles. The molecule has 2 fully saturated rings. The van der Waals surface area contributed by atoms with E-state index in [0.717, 1.165) is 0 Å². The third kappa shape index (κ3) is 1.63. The predicted octanol–water partition coefficient (Wildman–Crippen LogP) is -1.06. The van der Waals surface area contributed by atoms with E-state index in [0.29, 0.717) is 6.42 Å². The Balaban J connectivity index is 2.29. The summed E-state index contributed by atoms with van der Waals surface area (Å²) >= 11 is 0. The number of hydrogen-bond donors (Lipinski definition) is 2. The molecule has 6 atom stereocenters. The summed E-state index contributed by atoms with van der Waals surface area (Å²) in [6, 6.07) is 0. The second-order valence-corrected chi connectivity index (χ2v) is 4.64. The molecule has 0 heterocycles. The average Bonchev–Trinajstić information content (AvgIpc) is 2.85. The topological polar surface area (TPSA) is 93.1 Å². The van der Waals surface area contributed by atoms with Crippen molar-refractivity contribution < 1.29 is 29.3 Å². The Morgan fingerprint density at radius 3 is 1.59 bits per heavy atom. The Bertz CT molecular complexity index is 309. The van der Waals surface area contributed by atoms with E-state index in [1.807, 2.05) is 0 Å². The molecule has 2 N–H and O–H groups in total. The lowest BCUT2D eigenvalue weighted by Gasteiger charge is -2.33. The van der Waals surface area contributed by atoms with Crippen LogP contribution in [-0.2, 0) is 19.1 Å². The minimum atomic E-state index is -0.968. The molecule has 96 valence electrons. The van der Waals surface area contributed by atoms with Crippen LogP contribution in [0.5, 0.6) is 0 Å². The molecule has 0 saturated heterocycles. The van der Waals surface area contributed by atoms with Crippen molar-refractivity contribution in [3.05, 3.63) is 0 Å². The molecule has 2 bridgehead atoms. The number of ether oxygens (including phenoxy) is 2. The summed E-state index contributed by atoms with van der Waals surface area (Å²) in [6.07, 6.45) is -1.49. The maximum Gasteiger partial charge on any atom is 0.309 e. The highest BCUT2D eigenvalue weighted by molar-refractivity contribution is 5.84. The van der Waals surface area contributed by atoms with Gasteiger partial charge in [0.2, 0.25) is 0 Å². The van der Waals surface area contributed by atoms with Crippen molar-refractivity contribution in [3.8, 4) is 0 Å². The van der Waals surface area contributed by atoms with E-state index in [2.05, 4.69) is 9.47 Å². The second kappa shape index (κ2) is 4.27. The summed E-state index contributed by atoms with van der Waals surface area (Å²) in [7, 11) is 2.48. The zero-order valence-electron chi connectivity index (χ0n) is 9.70. The van der Waals surface area contributed by atoms with Gasteiger partial charge in [-0.2, -0.15) is 0 Å². The van der Waals surface area contributed by atoms with E-state index in [-0.39, 0.29) is 0 Å². The molecule has 0 aromatic rings. The zero-order valence-corrected chi connectivity index (χ0v) is 9.70. The summed E-state index contributed by atoms with van der Waals surface area (Å²) in [5.74, 6) is -3.33. The van der Waals surface area contributed by atoms with E-state index >= 15 is 0 Å². The van der Waals surface area contributed by atoms with Crippen molar-refractivity contribution in [2.75, 3.05) is 14.2 Å². The van der Waals surface area contributed by atoms with Gasteiger partial charge in [0.05, 0.1) is 38.3 Å². The maximum atomic E-state index is 11.7. The zero-order chi connectivity index (χ0) is 12.7. The van der Waals surface area contributed by atoms with Gasteiger partial charge in [-0.3, -0.25) is 9.59 Å². The van der Waals surface area contributed by atoms with Crippen LogP contribution in [0.2, 0.25) is 0 Å². The van der Waals surface area contributed by atoms with E-state index in [1.165, 1.54) is 14.2 Å². The first kappa shape index (κ1) is 12.3. The molecule has 6 heteroatoms. The number of esters is 2. The first-order chi connectivity index (χ1) is 8.02. The number of methoxy groups -OCH3 is 2. The SMILES string of the molecule is COC(=O)C1C2CC(C(O)C2O)C1C(=O)OC. The molecule has 6 unspecified atom stereocenters. The largest absolute Gasteiger partial charge is 0.469 e. The molecule has 0 aromatic carbocycles. The molecule has 2 aliphatic carbocycles. The fraction of sp³-hybridized carbons (Fsp3) is 0.818. The number of carbonyl (C=O) groups excluding carboxylic acids is 2. The predicted molar refractivity (Wildman–Crippen MR) is 54.6 cm³/mol. The van der Waals surface area contributed by atoms with Gasteiger partial charge in [-0.15, -0.1) is 0 Å². The summed E-state index contributed by atoms with van der Waals surface area (Å²) in [5, 5.41) is 19.5. The lowest BCUT2D eigenvalue weighted by Crippen LogP contribution is -2.48. The Hall–Kier alpha value is -1.14. The molecule has 17 heavy (non-hydrogen) atoms. The third-order valence-corrected chi connectivity index (χ3v) is 4.03. The van der Waals surface area contributed by atoms with Crippen LogP contribution in [0.4, 0.5) is 0 Å². The van der Waals surface area contributed by atoms with Gasteiger partial charge in [-0.05, 0) is 6.42 Å². The lowest BCUT2D eigenvalue weighted by molar-refractivity contribution is -0.167. The van der Waals surface area contributed by atoms with Gasteiger partial charge in [0.15, 0.2) is 0 Å². The van der Waals surface area contributed by atoms with Crippen molar-refractivity contribution >= 4 is 11.9 Å². The van der Waals surface area contributed by atoms with Gasteiger partial charge < -0.3 is 19.7 Å². The van der Waals surface area contributed by atoms with Gasteiger partial charge in [-0.25, -0.2) is 0 Å². The Morgan fingerprint density at radius 1 is 0.941 bits per heavy atom. The minimum Gasteiger partial charge on any atom is -0.469 e. The Morgan fingerprint density at radius 2 is 1.29 bits per heavy atom. The van der Waals surface area contributed by atoms with Crippen LogP contribution in [0, 0.1) is 23.7 Å². The van der Waals surface area contributed by atoms with Crippen LogP contribution in [0.25, 0.3) is 0 Å². The van der Waals surface area contributed by atoms with Crippen LogP contribution >= 0.6 is 0 Å². The first-order valence-electron chi connectivity index (χ1n) is 5.54. The lowest BCUT2D eigenvalue weighted by atomic mass is 9.76. The van der Waals surface area contributed by atoms with Crippen LogP contribution < -0.4 is 0 Å². The summed E-state index contributed by atoms with van der Waals surface area (Å²) in [6.45, 7) is 0. The van der Waals surface area contributed by atoms with Gasteiger partial charge in [-0.1, -0.05) is 0 Å². The minimum absolute atomic E-state index is 0.424. The number of aliphatic hydroxyl groups excluding tert-OH is 2. The highest BCUT2D eigenvalue weighted by Gasteiger charge is 2.62. The van der Waals surface area contributed by atoms with Gasteiger partial charge in [0.25, 0.3) is 0 Å².